The lowest BCUT2D eigenvalue weighted by atomic mass is 10.1. The van der Waals surface area contributed by atoms with E-state index in [9.17, 15) is 14.9 Å². The zero-order valence-corrected chi connectivity index (χ0v) is 11.5. The molecule has 0 heterocycles. The van der Waals surface area contributed by atoms with E-state index in [0.29, 0.717) is 0 Å². The summed E-state index contributed by atoms with van der Waals surface area (Å²) in [7, 11) is 0. The Hall–Kier alpha value is -2.60. The lowest BCUT2D eigenvalue weighted by molar-refractivity contribution is -0.384. The molecule has 0 bridgehead atoms. The Kier molecular flexibility index (Phi) is 4.39. The largest absolute Gasteiger partial charge is 0.508 e. The first-order chi connectivity index (χ1) is 9.99. The van der Waals surface area contributed by atoms with Crippen LogP contribution in [0.3, 0.4) is 0 Å². The third-order valence-corrected chi connectivity index (χ3v) is 3.21. The van der Waals surface area contributed by atoms with Gasteiger partial charge in [0.1, 0.15) is 10.8 Å². The van der Waals surface area contributed by atoms with E-state index in [0.717, 1.165) is 5.56 Å². The number of nitro groups is 1. The number of hydrogen-bond acceptors (Lipinski definition) is 4. The van der Waals surface area contributed by atoms with Crippen molar-refractivity contribution >= 4 is 23.2 Å². The van der Waals surface area contributed by atoms with Crippen LogP contribution >= 0.6 is 11.6 Å². The number of rotatable bonds is 4. The molecule has 0 aromatic heterocycles. The Morgan fingerprint density at radius 3 is 2.52 bits per heavy atom. The van der Waals surface area contributed by atoms with E-state index in [1.165, 1.54) is 30.3 Å². The number of phenolic OH excluding ortho intramolecular Hbond substituents is 1. The van der Waals surface area contributed by atoms with Crippen molar-refractivity contribution in [1.29, 1.82) is 0 Å². The molecule has 2 aromatic rings. The number of nitrogens with zero attached hydrogens (tertiary/aromatic N) is 1. The van der Waals surface area contributed by atoms with E-state index in [2.05, 4.69) is 5.32 Å². The van der Waals surface area contributed by atoms with Gasteiger partial charge in [-0.3, -0.25) is 14.9 Å². The molecule has 0 atom stereocenters. The molecule has 0 fully saturated rings. The molecule has 0 aliphatic carbocycles. The highest BCUT2D eigenvalue weighted by molar-refractivity contribution is 6.35. The standard InChI is InChI=1S/C14H11ClN2O4/c15-13-11(2-1-3-12(13)17(20)21)14(19)16-8-9-4-6-10(18)7-5-9/h1-7,18H,8H2,(H,16,19). The summed E-state index contributed by atoms with van der Waals surface area (Å²) >= 11 is 5.87. The summed E-state index contributed by atoms with van der Waals surface area (Å²) in [4.78, 5) is 22.1. The normalized spacial score (nSPS) is 10.1. The molecular weight excluding hydrogens is 296 g/mol. The number of aromatic hydroxyl groups is 1. The Balaban J connectivity index is 2.12. The van der Waals surface area contributed by atoms with Gasteiger partial charge in [0.2, 0.25) is 0 Å². The molecule has 108 valence electrons. The monoisotopic (exact) mass is 306 g/mol. The SMILES string of the molecule is O=C(NCc1ccc(O)cc1)c1cccc([N+](=O)[O-])c1Cl. The molecule has 0 unspecified atom stereocenters. The predicted octanol–water partition coefficient (Wildman–Crippen LogP) is 2.88. The van der Waals surface area contributed by atoms with Gasteiger partial charge in [-0.05, 0) is 23.8 Å². The van der Waals surface area contributed by atoms with Crippen LogP contribution in [0, 0.1) is 10.1 Å². The number of hydrogen-bond donors (Lipinski definition) is 2. The van der Waals surface area contributed by atoms with Crippen molar-refractivity contribution < 1.29 is 14.8 Å². The highest BCUT2D eigenvalue weighted by atomic mass is 35.5. The van der Waals surface area contributed by atoms with Crippen molar-refractivity contribution in [2.24, 2.45) is 0 Å². The lowest BCUT2D eigenvalue weighted by Gasteiger charge is -2.07. The molecule has 0 aliphatic rings. The molecule has 0 radical (unpaired) electrons. The van der Waals surface area contributed by atoms with Crippen molar-refractivity contribution in [3.8, 4) is 5.75 Å². The molecule has 0 aliphatic heterocycles. The summed E-state index contributed by atoms with van der Waals surface area (Å²) in [6.45, 7) is 0.220. The maximum absolute atomic E-state index is 12.0. The van der Waals surface area contributed by atoms with Crippen LogP contribution in [-0.4, -0.2) is 15.9 Å². The molecule has 0 saturated heterocycles. The summed E-state index contributed by atoms with van der Waals surface area (Å²) in [5.74, 6) is -0.372. The molecular formula is C14H11ClN2O4. The van der Waals surface area contributed by atoms with E-state index in [1.54, 1.807) is 12.1 Å². The first-order valence-electron chi connectivity index (χ1n) is 5.98. The Bertz CT molecular complexity index is 686. The molecule has 1 amide bonds. The molecule has 0 spiro atoms. The maximum atomic E-state index is 12.0. The van der Waals surface area contributed by atoms with Crippen LogP contribution in [-0.2, 0) is 6.54 Å². The Morgan fingerprint density at radius 2 is 1.90 bits per heavy atom. The molecule has 6 nitrogen and oxygen atoms in total. The summed E-state index contributed by atoms with van der Waals surface area (Å²) in [6, 6.07) is 10.4. The summed E-state index contributed by atoms with van der Waals surface area (Å²) < 4.78 is 0. The highest BCUT2D eigenvalue weighted by Gasteiger charge is 2.19. The topological polar surface area (TPSA) is 92.5 Å². The summed E-state index contributed by atoms with van der Waals surface area (Å²) in [6.07, 6.45) is 0. The van der Waals surface area contributed by atoms with Crippen molar-refractivity contribution in [3.63, 3.8) is 0 Å². The number of nitrogens with one attached hydrogen (secondary N) is 1. The number of halogens is 1. The van der Waals surface area contributed by atoms with Gasteiger partial charge in [0, 0.05) is 12.6 Å². The minimum atomic E-state index is -0.640. The minimum absolute atomic E-state index is 0.0460. The summed E-state index contributed by atoms with van der Waals surface area (Å²) in [5.41, 5.74) is 0.515. The van der Waals surface area contributed by atoms with Crippen LogP contribution < -0.4 is 5.32 Å². The molecule has 7 heteroatoms. The van der Waals surface area contributed by atoms with Crippen LogP contribution in [0.5, 0.6) is 5.75 Å². The Labute approximate surface area is 125 Å². The van der Waals surface area contributed by atoms with Crippen LogP contribution in [0.2, 0.25) is 5.02 Å². The second kappa shape index (κ2) is 6.23. The van der Waals surface area contributed by atoms with E-state index in [1.807, 2.05) is 0 Å². The number of nitro benzene ring substituents is 1. The Morgan fingerprint density at radius 1 is 1.24 bits per heavy atom. The number of phenols is 1. The van der Waals surface area contributed by atoms with E-state index in [4.69, 9.17) is 16.7 Å². The van der Waals surface area contributed by atoms with Gasteiger partial charge in [-0.25, -0.2) is 0 Å². The average Bonchev–Trinajstić information content (AvgIpc) is 2.46. The van der Waals surface area contributed by atoms with Crippen LogP contribution in [0.4, 0.5) is 5.69 Å². The zero-order chi connectivity index (χ0) is 15.4. The number of benzene rings is 2. The maximum Gasteiger partial charge on any atom is 0.288 e. The van der Waals surface area contributed by atoms with Gasteiger partial charge in [-0.15, -0.1) is 0 Å². The van der Waals surface area contributed by atoms with Crippen molar-refractivity contribution in [1.82, 2.24) is 5.32 Å². The fraction of sp³-hybridized carbons (Fsp3) is 0.0714. The van der Waals surface area contributed by atoms with Crippen molar-refractivity contribution in [2.45, 2.75) is 6.54 Å². The van der Waals surface area contributed by atoms with Gasteiger partial charge >= 0.3 is 0 Å². The summed E-state index contributed by atoms with van der Waals surface area (Å²) in [5, 5.41) is 22.4. The molecule has 21 heavy (non-hydrogen) atoms. The van der Waals surface area contributed by atoms with Crippen molar-refractivity contribution in [2.75, 3.05) is 0 Å². The van der Waals surface area contributed by atoms with Crippen LogP contribution in [0.25, 0.3) is 0 Å². The second-order valence-electron chi connectivity index (χ2n) is 4.24. The third-order valence-electron chi connectivity index (χ3n) is 2.81. The zero-order valence-electron chi connectivity index (χ0n) is 10.7. The van der Waals surface area contributed by atoms with Crippen LogP contribution in [0.1, 0.15) is 15.9 Å². The number of carbonyl (C=O) groups is 1. The smallest absolute Gasteiger partial charge is 0.288 e. The number of carbonyl (C=O) groups excluding carboxylic acids is 1. The van der Waals surface area contributed by atoms with Crippen molar-refractivity contribution in [3.05, 3.63) is 68.7 Å². The van der Waals surface area contributed by atoms with E-state index < -0.39 is 10.8 Å². The van der Waals surface area contributed by atoms with E-state index >= 15 is 0 Å². The first kappa shape index (κ1) is 14.8. The molecule has 2 N–H and O–H groups in total. The van der Waals surface area contributed by atoms with Gasteiger partial charge < -0.3 is 10.4 Å². The fourth-order valence-corrected chi connectivity index (χ4v) is 2.01. The lowest BCUT2D eigenvalue weighted by Crippen LogP contribution is -2.23. The third kappa shape index (κ3) is 3.49. The van der Waals surface area contributed by atoms with Gasteiger partial charge in [0.05, 0.1) is 10.5 Å². The molecule has 0 saturated carbocycles. The highest BCUT2D eigenvalue weighted by Crippen LogP contribution is 2.27. The number of amides is 1. The second-order valence-corrected chi connectivity index (χ2v) is 4.62. The molecule has 2 aromatic carbocycles. The molecule has 2 rings (SSSR count). The van der Waals surface area contributed by atoms with Gasteiger partial charge in [-0.2, -0.15) is 0 Å². The van der Waals surface area contributed by atoms with Gasteiger partial charge in [0.25, 0.3) is 11.6 Å². The fourth-order valence-electron chi connectivity index (χ4n) is 1.73. The van der Waals surface area contributed by atoms with Gasteiger partial charge in [0.15, 0.2) is 0 Å². The minimum Gasteiger partial charge on any atom is -0.508 e. The van der Waals surface area contributed by atoms with E-state index in [-0.39, 0.29) is 28.6 Å². The van der Waals surface area contributed by atoms with Crippen LogP contribution in [0.15, 0.2) is 42.5 Å². The van der Waals surface area contributed by atoms with Gasteiger partial charge in [-0.1, -0.05) is 29.8 Å². The quantitative estimate of drug-likeness (QED) is 0.671. The average molecular weight is 307 g/mol. The predicted molar refractivity (Wildman–Crippen MR) is 77.4 cm³/mol. The first-order valence-corrected chi connectivity index (χ1v) is 6.36.